The number of piperidine rings is 1. The molecule has 33 heavy (non-hydrogen) atoms. The van der Waals surface area contributed by atoms with Crippen molar-refractivity contribution in [3.8, 4) is 17.0 Å². The number of para-hydroxylation sites is 1. The summed E-state index contributed by atoms with van der Waals surface area (Å²) in [7, 11) is 6.10. The number of carbonyl (C=O) groups excluding carboxylic acids is 1. The van der Waals surface area contributed by atoms with Crippen molar-refractivity contribution < 1.29 is 9.90 Å². The SMILES string of the molecule is [B]c1cnn2c(NCC3CCCN(C(=O)Cc4ccsc4)C3)cc(-c3ccccc3O)nc12. The molecule has 3 aromatic heterocycles. The highest BCUT2D eigenvalue weighted by Crippen LogP contribution is 2.29. The van der Waals surface area contributed by atoms with Gasteiger partial charge in [-0.25, -0.2) is 4.98 Å². The van der Waals surface area contributed by atoms with Crippen LogP contribution < -0.4 is 10.8 Å². The van der Waals surface area contributed by atoms with Gasteiger partial charge in [-0.3, -0.25) is 4.79 Å². The number of aromatic nitrogens is 3. The number of rotatable bonds is 6. The van der Waals surface area contributed by atoms with E-state index in [0.717, 1.165) is 37.3 Å². The largest absolute Gasteiger partial charge is 0.507 e. The minimum Gasteiger partial charge on any atom is -0.507 e. The molecule has 1 aliphatic heterocycles. The molecule has 1 saturated heterocycles. The zero-order valence-corrected chi connectivity index (χ0v) is 19.0. The summed E-state index contributed by atoms with van der Waals surface area (Å²) in [5, 5.41) is 22.2. The second-order valence-corrected chi connectivity index (χ2v) is 9.20. The standard InChI is InChI=1S/C24H24BN5O2S/c25-19-13-27-30-22(11-20(28-24(19)30)18-5-1-2-6-21(18)31)26-12-17-4-3-8-29(14-17)23(32)10-16-7-9-33-15-16/h1-2,5-7,9,11,13,15,17,26,31H,3-4,8,10,12,14H2. The second kappa shape index (κ2) is 9.27. The molecule has 1 amide bonds. The first-order valence-corrected chi connectivity index (χ1v) is 12.0. The lowest BCUT2D eigenvalue weighted by molar-refractivity contribution is -0.132. The summed E-state index contributed by atoms with van der Waals surface area (Å²) in [6.45, 7) is 2.24. The Morgan fingerprint density at radius 2 is 2.18 bits per heavy atom. The molecule has 0 aliphatic carbocycles. The highest BCUT2D eigenvalue weighted by molar-refractivity contribution is 7.08. The highest BCUT2D eigenvalue weighted by Gasteiger charge is 2.24. The fraction of sp³-hybridized carbons (Fsp3) is 0.292. The number of aromatic hydroxyl groups is 1. The lowest BCUT2D eigenvalue weighted by Gasteiger charge is -2.33. The molecule has 2 radical (unpaired) electrons. The number of anilines is 1. The molecular formula is C24H24BN5O2S. The number of thiophene rings is 1. The number of phenolic OH excluding ortho intramolecular Hbond substituents is 1. The van der Waals surface area contributed by atoms with Crippen LogP contribution in [-0.4, -0.2) is 58.0 Å². The molecule has 2 N–H and O–H groups in total. The van der Waals surface area contributed by atoms with Crippen molar-refractivity contribution in [3.63, 3.8) is 0 Å². The Hall–Kier alpha value is -3.33. The predicted molar refractivity (Wildman–Crippen MR) is 131 cm³/mol. The van der Waals surface area contributed by atoms with E-state index in [1.54, 1.807) is 34.2 Å². The number of hydrogen-bond acceptors (Lipinski definition) is 6. The second-order valence-electron chi connectivity index (χ2n) is 8.42. The summed E-state index contributed by atoms with van der Waals surface area (Å²) >= 11 is 1.62. The molecule has 1 atom stereocenters. The van der Waals surface area contributed by atoms with Crippen LogP contribution in [-0.2, 0) is 11.2 Å². The first-order chi connectivity index (χ1) is 16.1. The van der Waals surface area contributed by atoms with Crippen LogP contribution in [0.1, 0.15) is 18.4 Å². The van der Waals surface area contributed by atoms with E-state index in [0.29, 0.717) is 41.3 Å². The Labute approximate surface area is 197 Å². The molecule has 7 nitrogen and oxygen atoms in total. The first-order valence-electron chi connectivity index (χ1n) is 11.0. The Morgan fingerprint density at radius 1 is 1.30 bits per heavy atom. The van der Waals surface area contributed by atoms with E-state index in [1.807, 2.05) is 39.9 Å². The molecule has 1 aliphatic rings. The molecule has 5 rings (SSSR count). The van der Waals surface area contributed by atoms with Crippen molar-refractivity contribution in [1.82, 2.24) is 19.5 Å². The van der Waals surface area contributed by atoms with Crippen molar-refractivity contribution in [3.05, 3.63) is 58.9 Å². The molecule has 4 aromatic rings. The summed E-state index contributed by atoms with van der Waals surface area (Å²) in [5.74, 6) is 1.42. The van der Waals surface area contributed by atoms with E-state index in [2.05, 4.69) is 15.4 Å². The molecule has 1 unspecified atom stereocenters. The number of carbonyl (C=O) groups is 1. The Balaban J connectivity index is 1.33. The molecule has 1 fully saturated rings. The van der Waals surface area contributed by atoms with Crippen LogP contribution in [0.2, 0.25) is 0 Å². The summed E-state index contributed by atoms with van der Waals surface area (Å²) in [4.78, 5) is 19.3. The van der Waals surface area contributed by atoms with Gasteiger partial charge in [0.15, 0.2) is 5.65 Å². The van der Waals surface area contributed by atoms with Crippen LogP contribution in [0.15, 0.2) is 53.4 Å². The normalized spacial score (nSPS) is 16.2. The third-order valence-corrected chi connectivity index (χ3v) is 6.79. The minimum absolute atomic E-state index is 0.158. The van der Waals surface area contributed by atoms with Gasteiger partial charge in [0.05, 0.1) is 12.1 Å². The number of likely N-dealkylation sites (tertiary alicyclic amines) is 1. The molecule has 4 heterocycles. The van der Waals surface area contributed by atoms with Gasteiger partial charge < -0.3 is 15.3 Å². The molecular weight excluding hydrogens is 433 g/mol. The van der Waals surface area contributed by atoms with E-state index in [4.69, 9.17) is 7.85 Å². The first kappa shape index (κ1) is 21.5. The monoisotopic (exact) mass is 457 g/mol. The minimum atomic E-state index is 0.158. The van der Waals surface area contributed by atoms with Crippen LogP contribution in [0, 0.1) is 5.92 Å². The Kier molecular flexibility index (Phi) is 6.04. The molecule has 0 saturated carbocycles. The summed E-state index contributed by atoms with van der Waals surface area (Å²) in [6.07, 6.45) is 4.08. The lowest BCUT2D eigenvalue weighted by Crippen LogP contribution is -2.42. The van der Waals surface area contributed by atoms with Gasteiger partial charge in [0.1, 0.15) is 19.4 Å². The van der Waals surface area contributed by atoms with Crippen molar-refractivity contribution >= 4 is 42.0 Å². The number of hydrogen-bond donors (Lipinski definition) is 2. The number of phenols is 1. The molecule has 0 spiro atoms. The third kappa shape index (κ3) is 4.59. The number of amides is 1. The van der Waals surface area contributed by atoms with Gasteiger partial charge in [-0.15, -0.1) is 0 Å². The average Bonchev–Trinajstić information content (AvgIpc) is 3.48. The van der Waals surface area contributed by atoms with Crippen LogP contribution in [0.4, 0.5) is 5.82 Å². The van der Waals surface area contributed by atoms with Gasteiger partial charge in [0, 0.05) is 37.5 Å². The van der Waals surface area contributed by atoms with Gasteiger partial charge in [0.2, 0.25) is 5.91 Å². The third-order valence-electron chi connectivity index (χ3n) is 6.06. The maximum absolute atomic E-state index is 12.7. The van der Waals surface area contributed by atoms with Crippen molar-refractivity contribution in [2.75, 3.05) is 25.0 Å². The number of fused-ring (bicyclic) bond motifs is 1. The Bertz CT molecular complexity index is 1270. The highest BCUT2D eigenvalue weighted by atomic mass is 32.1. The predicted octanol–water partition coefficient (Wildman–Crippen LogP) is 2.85. The zero-order valence-electron chi connectivity index (χ0n) is 18.1. The van der Waals surface area contributed by atoms with Crippen LogP contribution in [0.5, 0.6) is 5.75 Å². The van der Waals surface area contributed by atoms with E-state index in [1.165, 1.54) is 0 Å². The van der Waals surface area contributed by atoms with Gasteiger partial charge in [-0.2, -0.15) is 21.0 Å². The maximum atomic E-state index is 12.7. The zero-order chi connectivity index (χ0) is 22.8. The molecule has 0 bridgehead atoms. The maximum Gasteiger partial charge on any atom is 0.227 e. The van der Waals surface area contributed by atoms with E-state index < -0.39 is 0 Å². The van der Waals surface area contributed by atoms with E-state index >= 15 is 0 Å². The Morgan fingerprint density at radius 3 is 3.00 bits per heavy atom. The summed E-state index contributed by atoms with van der Waals surface area (Å²) in [5.41, 5.74) is 3.34. The molecule has 166 valence electrons. The summed E-state index contributed by atoms with van der Waals surface area (Å²) in [6, 6.07) is 11.0. The number of nitrogens with one attached hydrogen (secondary N) is 1. The van der Waals surface area contributed by atoms with Gasteiger partial charge >= 0.3 is 0 Å². The van der Waals surface area contributed by atoms with E-state index in [-0.39, 0.29) is 11.7 Å². The molecule has 1 aromatic carbocycles. The number of benzene rings is 1. The van der Waals surface area contributed by atoms with Gasteiger partial charge in [0.25, 0.3) is 0 Å². The van der Waals surface area contributed by atoms with Crippen LogP contribution in [0.3, 0.4) is 0 Å². The fourth-order valence-electron chi connectivity index (χ4n) is 4.32. The van der Waals surface area contributed by atoms with Gasteiger partial charge in [-0.1, -0.05) is 12.1 Å². The molecule has 9 heteroatoms. The lowest BCUT2D eigenvalue weighted by atomic mass is 9.97. The van der Waals surface area contributed by atoms with Crippen molar-refractivity contribution in [2.45, 2.75) is 19.3 Å². The fourth-order valence-corrected chi connectivity index (χ4v) is 4.99. The topological polar surface area (TPSA) is 82.8 Å². The summed E-state index contributed by atoms with van der Waals surface area (Å²) < 4.78 is 1.68. The number of nitrogens with zero attached hydrogens (tertiary/aromatic N) is 4. The quantitative estimate of drug-likeness (QED) is 0.435. The average molecular weight is 457 g/mol. The smallest absolute Gasteiger partial charge is 0.227 e. The van der Waals surface area contributed by atoms with E-state index in [9.17, 15) is 9.90 Å². The van der Waals surface area contributed by atoms with Crippen LogP contribution in [0.25, 0.3) is 16.9 Å². The van der Waals surface area contributed by atoms with Crippen molar-refractivity contribution in [1.29, 1.82) is 0 Å². The van der Waals surface area contributed by atoms with Crippen LogP contribution >= 0.6 is 11.3 Å². The van der Waals surface area contributed by atoms with Crippen molar-refractivity contribution in [2.24, 2.45) is 5.92 Å². The van der Waals surface area contributed by atoms with Gasteiger partial charge in [-0.05, 0) is 58.7 Å².